The van der Waals surface area contributed by atoms with Crippen molar-refractivity contribution in [1.29, 1.82) is 0 Å². The van der Waals surface area contributed by atoms with E-state index >= 15 is 0 Å². The Morgan fingerprint density at radius 3 is 2.22 bits per heavy atom. The Morgan fingerprint density at radius 1 is 0.889 bits per heavy atom. The van der Waals surface area contributed by atoms with Gasteiger partial charge in [-0.05, 0) is 43.7 Å². The van der Waals surface area contributed by atoms with Crippen molar-refractivity contribution in [3.05, 3.63) is 95.6 Å². The van der Waals surface area contributed by atoms with Gasteiger partial charge in [0.05, 0.1) is 22.2 Å². The first-order chi connectivity index (χ1) is 13.0. The Morgan fingerprint density at radius 2 is 1.52 bits per heavy atom. The van der Waals surface area contributed by atoms with E-state index in [4.69, 9.17) is 0 Å². The van der Waals surface area contributed by atoms with Crippen molar-refractivity contribution >= 4 is 22.6 Å². The van der Waals surface area contributed by atoms with Crippen LogP contribution in [0.2, 0.25) is 0 Å². The second-order valence-corrected chi connectivity index (χ2v) is 7.55. The third kappa shape index (κ3) is 4.83. The van der Waals surface area contributed by atoms with Crippen LogP contribution in [0.1, 0.15) is 34.5 Å². The van der Waals surface area contributed by atoms with Gasteiger partial charge in [-0.3, -0.25) is 4.79 Å². The molecule has 3 aromatic rings. The Labute approximate surface area is 162 Å². The van der Waals surface area contributed by atoms with Crippen molar-refractivity contribution in [2.45, 2.75) is 24.8 Å². The van der Waals surface area contributed by atoms with Crippen LogP contribution in [0.5, 0.6) is 0 Å². The van der Waals surface area contributed by atoms with E-state index in [2.05, 4.69) is 10.0 Å². The van der Waals surface area contributed by atoms with Gasteiger partial charge in [0, 0.05) is 0 Å². The fourth-order valence-electron chi connectivity index (χ4n) is 2.69. The lowest BCUT2D eigenvalue weighted by Gasteiger charge is -2.16. The zero-order valence-electron chi connectivity index (χ0n) is 15.3. The lowest BCUT2D eigenvalue weighted by molar-refractivity contribution is 0.0941. The highest BCUT2D eigenvalue weighted by atomic mass is 32.2. The largest absolute Gasteiger partial charge is 0.345 e. The van der Waals surface area contributed by atoms with Crippen molar-refractivity contribution in [3.63, 3.8) is 0 Å². The molecule has 0 fully saturated rings. The third-order valence-electron chi connectivity index (χ3n) is 4.26. The molecule has 0 radical (unpaired) electrons. The van der Waals surface area contributed by atoms with Crippen LogP contribution in [0.25, 0.3) is 0 Å². The second kappa shape index (κ2) is 8.64. The van der Waals surface area contributed by atoms with Gasteiger partial charge in [-0.25, -0.2) is 4.21 Å². The highest BCUT2D eigenvalue weighted by molar-refractivity contribution is 7.86. The molecular weight excluding hydrogens is 356 g/mol. The lowest BCUT2D eigenvalue weighted by atomic mass is 10.1. The van der Waals surface area contributed by atoms with E-state index in [1.54, 1.807) is 18.2 Å². The van der Waals surface area contributed by atoms with Crippen LogP contribution in [0.4, 0.5) is 5.69 Å². The van der Waals surface area contributed by atoms with Crippen LogP contribution in [0.3, 0.4) is 0 Å². The Balaban J connectivity index is 1.76. The number of amides is 1. The number of para-hydroxylation sites is 1. The normalized spacial score (nSPS) is 12.8. The summed E-state index contributed by atoms with van der Waals surface area (Å²) < 4.78 is 15.6. The first-order valence-electron chi connectivity index (χ1n) is 8.74. The molecule has 0 aromatic heterocycles. The Hall–Kier alpha value is -2.92. The molecule has 0 aliphatic carbocycles. The first-order valence-corrected chi connectivity index (χ1v) is 9.89. The molecule has 4 nitrogen and oxygen atoms in total. The maximum Gasteiger partial charge on any atom is 0.253 e. The minimum absolute atomic E-state index is 0.130. The first kappa shape index (κ1) is 18.9. The molecule has 3 aromatic carbocycles. The average Bonchev–Trinajstić information content (AvgIpc) is 2.69. The van der Waals surface area contributed by atoms with Gasteiger partial charge in [0.1, 0.15) is 11.0 Å². The van der Waals surface area contributed by atoms with E-state index in [0.29, 0.717) is 16.1 Å². The van der Waals surface area contributed by atoms with E-state index < -0.39 is 11.0 Å². The number of benzene rings is 3. The third-order valence-corrected chi connectivity index (χ3v) is 5.36. The van der Waals surface area contributed by atoms with Crippen molar-refractivity contribution in [2.75, 3.05) is 4.72 Å². The number of hydrogen-bond donors (Lipinski definition) is 2. The molecular formula is C22H22N2O2S. The Kier molecular flexibility index (Phi) is 6.04. The van der Waals surface area contributed by atoms with Crippen LogP contribution in [0.15, 0.2) is 83.8 Å². The molecule has 0 heterocycles. The van der Waals surface area contributed by atoms with Gasteiger partial charge < -0.3 is 10.0 Å². The summed E-state index contributed by atoms with van der Waals surface area (Å²) in [6.07, 6.45) is 0. The molecule has 1 amide bonds. The van der Waals surface area contributed by atoms with Gasteiger partial charge >= 0.3 is 0 Å². The number of nitrogens with one attached hydrogen (secondary N) is 2. The highest BCUT2D eigenvalue weighted by Crippen LogP contribution is 2.20. The molecule has 138 valence electrons. The van der Waals surface area contributed by atoms with Gasteiger partial charge in [0.15, 0.2) is 0 Å². The van der Waals surface area contributed by atoms with Gasteiger partial charge in [0.2, 0.25) is 0 Å². The van der Waals surface area contributed by atoms with Gasteiger partial charge in [-0.1, -0.05) is 60.2 Å². The van der Waals surface area contributed by atoms with E-state index in [1.165, 1.54) is 0 Å². The monoisotopic (exact) mass is 378 g/mol. The minimum Gasteiger partial charge on any atom is -0.345 e. The summed E-state index contributed by atoms with van der Waals surface area (Å²) in [5.41, 5.74) is 3.12. The number of rotatable bonds is 6. The van der Waals surface area contributed by atoms with Crippen molar-refractivity contribution in [1.82, 2.24) is 5.32 Å². The molecule has 0 aliphatic rings. The molecule has 0 bridgehead atoms. The lowest BCUT2D eigenvalue weighted by Crippen LogP contribution is -2.27. The van der Waals surface area contributed by atoms with E-state index in [-0.39, 0.29) is 11.9 Å². The summed E-state index contributed by atoms with van der Waals surface area (Å²) in [7, 11) is -1.45. The predicted octanol–water partition coefficient (Wildman–Crippen LogP) is 4.62. The summed E-state index contributed by atoms with van der Waals surface area (Å²) >= 11 is 0. The summed E-state index contributed by atoms with van der Waals surface area (Å²) in [6.45, 7) is 3.92. The Bertz CT molecular complexity index is 940. The molecule has 3 rings (SSSR count). The van der Waals surface area contributed by atoms with Crippen LogP contribution in [-0.4, -0.2) is 10.1 Å². The maximum absolute atomic E-state index is 12.8. The fraction of sp³-hybridized carbons (Fsp3) is 0.136. The van der Waals surface area contributed by atoms with Crippen LogP contribution in [-0.2, 0) is 11.0 Å². The summed E-state index contributed by atoms with van der Waals surface area (Å²) in [5, 5.41) is 3.00. The quantitative estimate of drug-likeness (QED) is 0.657. The number of anilines is 1. The summed E-state index contributed by atoms with van der Waals surface area (Å²) in [5.74, 6) is -0.213. The molecule has 2 N–H and O–H groups in total. The smallest absolute Gasteiger partial charge is 0.253 e. The van der Waals surface area contributed by atoms with Crippen LogP contribution in [0, 0.1) is 6.92 Å². The van der Waals surface area contributed by atoms with Crippen molar-refractivity contribution in [3.8, 4) is 0 Å². The van der Waals surface area contributed by atoms with Gasteiger partial charge in [0.25, 0.3) is 5.91 Å². The predicted molar refractivity (Wildman–Crippen MR) is 110 cm³/mol. The molecule has 27 heavy (non-hydrogen) atoms. The van der Waals surface area contributed by atoms with Crippen LogP contribution >= 0.6 is 0 Å². The summed E-state index contributed by atoms with van der Waals surface area (Å²) in [6, 6.07) is 24.2. The second-order valence-electron chi connectivity index (χ2n) is 6.34. The average molecular weight is 378 g/mol. The van der Waals surface area contributed by atoms with E-state index in [9.17, 15) is 9.00 Å². The molecule has 0 saturated carbocycles. The zero-order chi connectivity index (χ0) is 19.2. The number of aryl methyl sites for hydroxylation is 1. The molecule has 5 heteroatoms. The molecule has 2 atom stereocenters. The topological polar surface area (TPSA) is 58.2 Å². The summed E-state index contributed by atoms with van der Waals surface area (Å²) in [4.78, 5) is 13.4. The highest BCUT2D eigenvalue weighted by Gasteiger charge is 2.16. The van der Waals surface area contributed by atoms with E-state index in [1.807, 2.05) is 74.5 Å². The SMILES string of the molecule is Cc1ccc(S(=O)Nc2ccccc2C(=O)NC(C)c2ccccc2)cc1. The zero-order valence-corrected chi connectivity index (χ0v) is 16.1. The molecule has 0 saturated heterocycles. The molecule has 0 aliphatic heterocycles. The van der Waals surface area contributed by atoms with Crippen LogP contribution < -0.4 is 10.0 Å². The molecule has 2 unspecified atom stereocenters. The molecule has 0 spiro atoms. The number of carbonyl (C=O) groups is 1. The number of carbonyl (C=O) groups excluding carboxylic acids is 1. The standard InChI is InChI=1S/C22H22N2O2S/c1-16-12-14-19(15-13-16)27(26)24-21-11-7-6-10-20(21)22(25)23-17(2)18-8-4-3-5-9-18/h3-15,17,24H,1-2H3,(H,23,25). The van der Waals surface area contributed by atoms with Gasteiger partial charge in [-0.2, -0.15) is 0 Å². The van der Waals surface area contributed by atoms with Gasteiger partial charge in [-0.15, -0.1) is 0 Å². The van der Waals surface area contributed by atoms with E-state index in [0.717, 1.165) is 11.1 Å². The minimum atomic E-state index is -1.45. The number of hydrogen-bond acceptors (Lipinski definition) is 2. The fourth-order valence-corrected chi connectivity index (χ4v) is 3.57. The van der Waals surface area contributed by atoms with Crippen molar-refractivity contribution in [2.24, 2.45) is 0 Å². The van der Waals surface area contributed by atoms with Crippen molar-refractivity contribution < 1.29 is 9.00 Å². The maximum atomic E-state index is 12.8.